The summed E-state index contributed by atoms with van der Waals surface area (Å²) in [5.41, 5.74) is 5.27. The van der Waals surface area contributed by atoms with E-state index >= 15 is 0 Å². The Hall–Kier alpha value is -3.32. The van der Waals surface area contributed by atoms with Crippen LogP contribution in [0.4, 0.5) is 10.2 Å². The first-order valence-electron chi connectivity index (χ1n) is 10.6. The van der Waals surface area contributed by atoms with E-state index in [1.807, 2.05) is 38.2 Å². The first kappa shape index (κ1) is 20.6. The number of halogens is 1. The lowest BCUT2D eigenvalue weighted by molar-refractivity contribution is 0.331. The van der Waals surface area contributed by atoms with Gasteiger partial charge in [-0.25, -0.2) is 19.3 Å². The Morgan fingerprint density at radius 2 is 1.91 bits per heavy atom. The van der Waals surface area contributed by atoms with Crippen molar-refractivity contribution in [2.75, 3.05) is 18.1 Å². The number of ether oxygens (including phenoxy) is 1. The predicted molar refractivity (Wildman–Crippen MR) is 125 cm³/mol. The highest BCUT2D eigenvalue weighted by Crippen LogP contribution is 2.34. The molecule has 32 heavy (non-hydrogen) atoms. The van der Waals surface area contributed by atoms with E-state index in [1.165, 1.54) is 12.1 Å². The number of hydrogen-bond acceptors (Lipinski definition) is 6. The Labute approximate surface area is 190 Å². The van der Waals surface area contributed by atoms with Gasteiger partial charge in [-0.05, 0) is 55.3 Å². The standard InChI is InChI=1S/C25H23FN4OS/c1-16-22(11-18-3-6-21(26)7-4-18)25(29-15-28-16)30-9-10-31-23-8-5-19(12-20(23)14-30)24-13-27-17(2)32-24/h3-8,12-13,15H,9-11,14H2,1-2H3. The minimum absolute atomic E-state index is 0.233. The highest BCUT2D eigenvalue weighted by molar-refractivity contribution is 7.15. The largest absolute Gasteiger partial charge is 0.491 e. The molecule has 0 radical (unpaired) electrons. The summed E-state index contributed by atoms with van der Waals surface area (Å²) in [6, 6.07) is 12.9. The van der Waals surface area contributed by atoms with Gasteiger partial charge in [-0.3, -0.25) is 0 Å². The maximum Gasteiger partial charge on any atom is 0.136 e. The number of fused-ring (bicyclic) bond motifs is 1. The molecule has 1 aliphatic rings. The Balaban J connectivity index is 1.48. The van der Waals surface area contributed by atoms with Crippen molar-refractivity contribution in [3.8, 4) is 16.2 Å². The van der Waals surface area contributed by atoms with Gasteiger partial charge in [0.25, 0.3) is 0 Å². The van der Waals surface area contributed by atoms with E-state index in [0.29, 0.717) is 19.6 Å². The van der Waals surface area contributed by atoms with Crippen molar-refractivity contribution in [3.05, 3.63) is 88.2 Å². The molecule has 0 bridgehead atoms. The van der Waals surface area contributed by atoms with Crippen LogP contribution in [-0.2, 0) is 13.0 Å². The maximum absolute atomic E-state index is 13.4. The quantitative estimate of drug-likeness (QED) is 0.423. The number of anilines is 1. The van der Waals surface area contributed by atoms with E-state index in [4.69, 9.17) is 4.74 Å². The van der Waals surface area contributed by atoms with Gasteiger partial charge in [-0.15, -0.1) is 11.3 Å². The molecule has 2 aromatic heterocycles. The summed E-state index contributed by atoms with van der Waals surface area (Å²) in [7, 11) is 0. The highest BCUT2D eigenvalue weighted by atomic mass is 32.1. The van der Waals surface area contributed by atoms with Crippen LogP contribution in [0.1, 0.15) is 27.4 Å². The highest BCUT2D eigenvalue weighted by Gasteiger charge is 2.21. The minimum Gasteiger partial charge on any atom is -0.491 e. The van der Waals surface area contributed by atoms with Crippen molar-refractivity contribution in [2.45, 2.75) is 26.8 Å². The van der Waals surface area contributed by atoms with Crippen LogP contribution in [0.15, 0.2) is 55.0 Å². The first-order chi connectivity index (χ1) is 15.6. The van der Waals surface area contributed by atoms with Gasteiger partial charge in [0.05, 0.1) is 16.4 Å². The molecule has 0 saturated heterocycles. The molecule has 4 aromatic rings. The second-order valence-electron chi connectivity index (χ2n) is 7.90. The summed E-state index contributed by atoms with van der Waals surface area (Å²) in [6.45, 7) is 5.99. The van der Waals surface area contributed by atoms with Crippen molar-refractivity contribution in [3.63, 3.8) is 0 Å². The zero-order valence-electron chi connectivity index (χ0n) is 18.0. The number of rotatable bonds is 4. The second kappa shape index (κ2) is 8.67. The van der Waals surface area contributed by atoms with Crippen LogP contribution in [0.25, 0.3) is 10.4 Å². The van der Waals surface area contributed by atoms with E-state index in [0.717, 1.165) is 55.9 Å². The Bertz CT molecular complexity index is 1260. The van der Waals surface area contributed by atoms with Gasteiger partial charge in [0.15, 0.2) is 0 Å². The van der Waals surface area contributed by atoms with E-state index in [9.17, 15) is 4.39 Å². The van der Waals surface area contributed by atoms with Gasteiger partial charge in [0.1, 0.15) is 30.3 Å². The summed E-state index contributed by atoms with van der Waals surface area (Å²) in [6.07, 6.45) is 4.18. The zero-order valence-corrected chi connectivity index (χ0v) is 18.8. The number of benzene rings is 2. The molecule has 3 heterocycles. The zero-order chi connectivity index (χ0) is 22.1. The van der Waals surface area contributed by atoms with E-state index < -0.39 is 0 Å². The molecule has 0 atom stereocenters. The minimum atomic E-state index is -0.233. The van der Waals surface area contributed by atoms with Crippen LogP contribution in [0.2, 0.25) is 0 Å². The van der Waals surface area contributed by atoms with Crippen molar-refractivity contribution in [1.29, 1.82) is 0 Å². The van der Waals surface area contributed by atoms with E-state index in [2.05, 4.69) is 32.0 Å². The van der Waals surface area contributed by atoms with E-state index in [-0.39, 0.29) is 5.82 Å². The summed E-state index contributed by atoms with van der Waals surface area (Å²) in [5.74, 6) is 1.57. The average molecular weight is 447 g/mol. The van der Waals surface area contributed by atoms with Crippen molar-refractivity contribution >= 4 is 17.2 Å². The fourth-order valence-electron chi connectivity index (χ4n) is 4.00. The van der Waals surface area contributed by atoms with E-state index in [1.54, 1.807) is 17.7 Å². The molecule has 1 aliphatic heterocycles. The number of nitrogens with zero attached hydrogens (tertiary/aromatic N) is 4. The van der Waals surface area contributed by atoms with Gasteiger partial charge in [-0.2, -0.15) is 0 Å². The molecule has 0 unspecified atom stereocenters. The summed E-state index contributed by atoms with van der Waals surface area (Å²) < 4.78 is 19.4. The fraction of sp³-hybridized carbons (Fsp3) is 0.240. The van der Waals surface area contributed by atoms with Crippen LogP contribution in [-0.4, -0.2) is 28.1 Å². The van der Waals surface area contributed by atoms with Crippen LogP contribution >= 0.6 is 11.3 Å². The van der Waals surface area contributed by atoms with Gasteiger partial charge in [-0.1, -0.05) is 12.1 Å². The number of aryl methyl sites for hydroxylation is 2. The number of thiazole rings is 1. The molecular formula is C25H23FN4OS. The fourth-order valence-corrected chi connectivity index (χ4v) is 4.77. The molecule has 0 fully saturated rings. The third-order valence-electron chi connectivity index (χ3n) is 5.68. The molecular weight excluding hydrogens is 423 g/mol. The molecule has 7 heteroatoms. The molecule has 2 aromatic carbocycles. The molecule has 0 aliphatic carbocycles. The third-order valence-corrected chi connectivity index (χ3v) is 6.64. The van der Waals surface area contributed by atoms with Gasteiger partial charge in [0, 0.05) is 36.0 Å². The molecule has 5 nitrogen and oxygen atoms in total. The smallest absolute Gasteiger partial charge is 0.136 e. The SMILES string of the molecule is Cc1ncc(-c2ccc3c(c2)CN(c2ncnc(C)c2Cc2ccc(F)cc2)CCO3)s1. The number of hydrogen-bond donors (Lipinski definition) is 0. The van der Waals surface area contributed by atoms with Gasteiger partial charge >= 0.3 is 0 Å². The molecule has 0 N–H and O–H groups in total. The molecule has 0 saturated carbocycles. The van der Waals surface area contributed by atoms with Crippen molar-refractivity contribution in [2.24, 2.45) is 0 Å². The lowest BCUT2D eigenvalue weighted by Gasteiger charge is -2.24. The first-order valence-corrected chi connectivity index (χ1v) is 11.4. The molecule has 0 spiro atoms. The second-order valence-corrected chi connectivity index (χ2v) is 9.14. The van der Waals surface area contributed by atoms with Gasteiger partial charge in [0.2, 0.25) is 0 Å². The molecule has 162 valence electrons. The molecule has 5 rings (SSSR count). The average Bonchev–Trinajstić information content (AvgIpc) is 3.11. The summed E-state index contributed by atoms with van der Waals surface area (Å²) >= 11 is 1.69. The normalized spacial score (nSPS) is 13.4. The Morgan fingerprint density at radius 1 is 1.06 bits per heavy atom. The van der Waals surface area contributed by atoms with Crippen LogP contribution in [0.3, 0.4) is 0 Å². The monoisotopic (exact) mass is 446 g/mol. The lowest BCUT2D eigenvalue weighted by atomic mass is 10.0. The van der Waals surface area contributed by atoms with Crippen molar-refractivity contribution < 1.29 is 9.13 Å². The summed E-state index contributed by atoms with van der Waals surface area (Å²) in [5, 5.41) is 1.05. The molecule has 0 amide bonds. The predicted octanol–water partition coefficient (Wildman–Crippen LogP) is 5.35. The third kappa shape index (κ3) is 4.21. The topological polar surface area (TPSA) is 51.1 Å². The lowest BCUT2D eigenvalue weighted by Crippen LogP contribution is -2.28. The van der Waals surface area contributed by atoms with Crippen molar-refractivity contribution in [1.82, 2.24) is 15.0 Å². The summed E-state index contributed by atoms with van der Waals surface area (Å²) in [4.78, 5) is 16.9. The number of aromatic nitrogens is 3. The van der Waals surface area contributed by atoms with Crippen LogP contribution in [0.5, 0.6) is 5.75 Å². The Kier molecular flexibility index (Phi) is 5.57. The maximum atomic E-state index is 13.4. The van der Waals surface area contributed by atoms with Crippen LogP contribution in [0, 0.1) is 19.7 Å². The van der Waals surface area contributed by atoms with Crippen LogP contribution < -0.4 is 9.64 Å². The Morgan fingerprint density at radius 3 is 2.69 bits per heavy atom. The van der Waals surface area contributed by atoms with Gasteiger partial charge < -0.3 is 9.64 Å².